The lowest BCUT2D eigenvalue weighted by molar-refractivity contribution is 0.0742. The lowest BCUT2D eigenvalue weighted by Gasteiger charge is -2.34. The third-order valence-electron chi connectivity index (χ3n) is 4.20. The van der Waals surface area contributed by atoms with Crippen molar-refractivity contribution in [3.63, 3.8) is 0 Å². The molecule has 25 heavy (non-hydrogen) atoms. The van der Waals surface area contributed by atoms with Crippen molar-refractivity contribution in [3.8, 4) is 17.2 Å². The Kier molecular flexibility index (Phi) is 4.92. The predicted octanol–water partition coefficient (Wildman–Crippen LogP) is 0.793. The van der Waals surface area contributed by atoms with Crippen LogP contribution in [0.15, 0.2) is 18.5 Å². The van der Waals surface area contributed by atoms with Gasteiger partial charge in [-0.15, -0.1) is 0 Å². The first-order chi connectivity index (χ1) is 12.2. The fraction of sp³-hybridized carbons (Fsp3) is 0.438. The number of nitrogens with zero attached hydrogens (tertiary/aromatic N) is 4. The van der Waals surface area contributed by atoms with Crippen LogP contribution in [0.4, 0.5) is 5.95 Å². The second-order valence-corrected chi connectivity index (χ2v) is 5.50. The molecule has 1 N–H and O–H groups in total. The molecule has 1 aromatic carbocycles. The van der Waals surface area contributed by atoms with E-state index < -0.39 is 0 Å². The maximum atomic E-state index is 12.9. The Bertz CT molecular complexity index is 726. The molecule has 0 spiro atoms. The summed E-state index contributed by atoms with van der Waals surface area (Å²) in [6, 6.07) is 3.32. The maximum absolute atomic E-state index is 12.9. The topological polar surface area (TPSA) is 92.8 Å². The van der Waals surface area contributed by atoms with Gasteiger partial charge in [0.1, 0.15) is 12.1 Å². The van der Waals surface area contributed by atoms with Gasteiger partial charge in [-0.25, -0.2) is 5.10 Å². The number of hydrogen-bond acceptors (Lipinski definition) is 7. The highest BCUT2D eigenvalue weighted by molar-refractivity contribution is 5.98. The SMILES string of the molecule is COc1cc(OC)c(C(=O)N2CCN(c3ncn[nH]3)CC2)cc1OC. The van der Waals surface area contributed by atoms with Crippen LogP contribution < -0.4 is 19.1 Å². The molecule has 0 aliphatic carbocycles. The second kappa shape index (κ2) is 7.29. The normalized spacial score (nSPS) is 14.4. The number of H-pyrrole nitrogens is 1. The van der Waals surface area contributed by atoms with Gasteiger partial charge in [0.15, 0.2) is 11.5 Å². The summed E-state index contributed by atoms with van der Waals surface area (Å²) in [7, 11) is 4.61. The van der Waals surface area contributed by atoms with Crippen molar-refractivity contribution in [2.45, 2.75) is 0 Å². The summed E-state index contributed by atoms with van der Waals surface area (Å²) in [6.07, 6.45) is 1.47. The molecule has 1 fully saturated rings. The number of aromatic amines is 1. The number of rotatable bonds is 5. The second-order valence-electron chi connectivity index (χ2n) is 5.50. The smallest absolute Gasteiger partial charge is 0.257 e. The van der Waals surface area contributed by atoms with Gasteiger partial charge in [-0.05, 0) is 0 Å². The van der Waals surface area contributed by atoms with E-state index in [-0.39, 0.29) is 5.91 Å². The zero-order valence-corrected chi connectivity index (χ0v) is 14.5. The molecule has 0 bridgehead atoms. The average molecular weight is 347 g/mol. The predicted molar refractivity (Wildman–Crippen MR) is 90.6 cm³/mol. The number of ether oxygens (including phenoxy) is 3. The summed E-state index contributed by atoms with van der Waals surface area (Å²) in [5, 5.41) is 6.70. The van der Waals surface area contributed by atoms with Crippen LogP contribution in [0.5, 0.6) is 17.2 Å². The minimum absolute atomic E-state index is 0.102. The van der Waals surface area contributed by atoms with Crippen LogP contribution in [0.1, 0.15) is 10.4 Å². The van der Waals surface area contributed by atoms with Crippen LogP contribution in [0.25, 0.3) is 0 Å². The monoisotopic (exact) mass is 347 g/mol. The van der Waals surface area contributed by atoms with Crippen LogP contribution >= 0.6 is 0 Å². The largest absolute Gasteiger partial charge is 0.496 e. The van der Waals surface area contributed by atoms with E-state index in [0.29, 0.717) is 49.0 Å². The van der Waals surface area contributed by atoms with E-state index in [9.17, 15) is 4.79 Å². The number of piperazine rings is 1. The van der Waals surface area contributed by atoms with Gasteiger partial charge < -0.3 is 24.0 Å². The first-order valence-corrected chi connectivity index (χ1v) is 7.87. The standard InChI is InChI=1S/C16H21N5O4/c1-23-12-9-14(25-3)13(24-2)8-11(12)15(22)20-4-6-21(7-5-20)16-17-10-18-19-16/h8-10H,4-7H2,1-3H3,(H,17,18,19). The summed E-state index contributed by atoms with van der Waals surface area (Å²) in [4.78, 5) is 20.9. The van der Waals surface area contributed by atoms with Crippen LogP contribution in [-0.2, 0) is 0 Å². The van der Waals surface area contributed by atoms with E-state index in [4.69, 9.17) is 14.2 Å². The van der Waals surface area contributed by atoms with E-state index >= 15 is 0 Å². The number of anilines is 1. The van der Waals surface area contributed by atoms with Gasteiger partial charge in [-0.3, -0.25) is 4.79 Å². The summed E-state index contributed by atoms with van der Waals surface area (Å²) in [5.74, 6) is 2.09. The van der Waals surface area contributed by atoms with Crippen LogP contribution in [0.3, 0.4) is 0 Å². The van der Waals surface area contributed by atoms with Crippen molar-refractivity contribution in [1.29, 1.82) is 0 Å². The molecule has 1 amide bonds. The molecule has 134 valence electrons. The van der Waals surface area contributed by atoms with Crippen molar-refractivity contribution in [1.82, 2.24) is 20.1 Å². The Morgan fingerprint density at radius 2 is 1.64 bits per heavy atom. The molecule has 1 aromatic heterocycles. The summed E-state index contributed by atoms with van der Waals surface area (Å²) < 4.78 is 15.9. The van der Waals surface area contributed by atoms with E-state index in [2.05, 4.69) is 20.1 Å². The lowest BCUT2D eigenvalue weighted by Crippen LogP contribution is -2.49. The van der Waals surface area contributed by atoms with Crippen LogP contribution in [0, 0.1) is 0 Å². The molecule has 9 nitrogen and oxygen atoms in total. The molecule has 3 rings (SSSR count). The van der Waals surface area contributed by atoms with E-state index in [1.165, 1.54) is 20.5 Å². The minimum Gasteiger partial charge on any atom is -0.496 e. The van der Waals surface area contributed by atoms with Crippen LogP contribution in [0.2, 0.25) is 0 Å². The molecule has 9 heteroatoms. The highest BCUT2D eigenvalue weighted by Crippen LogP contribution is 2.35. The molecule has 0 saturated carbocycles. The Balaban J connectivity index is 1.77. The maximum Gasteiger partial charge on any atom is 0.257 e. The third kappa shape index (κ3) is 3.30. The van der Waals surface area contributed by atoms with Crippen LogP contribution in [-0.4, -0.2) is 73.5 Å². The quantitative estimate of drug-likeness (QED) is 0.855. The first kappa shape index (κ1) is 16.9. The molecule has 2 aromatic rings. The van der Waals surface area contributed by atoms with Gasteiger partial charge in [0.2, 0.25) is 5.95 Å². The van der Waals surface area contributed by atoms with Gasteiger partial charge in [0, 0.05) is 38.3 Å². The van der Waals surface area contributed by atoms with Gasteiger partial charge >= 0.3 is 0 Å². The molecule has 0 unspecified atom stereocenters. The number of amides is 1. The third-order valence-corrected chi connectivity index (χ3v) is 4.20. The molecular weight excluding hydrogens is 326 g/mol. The minimum atomic E-state index is -0.102. The first-order valence-electron chi connectivity index (χ1n) is 7.87. The summed E-state index contributed by atoms with van der Waals surface area (Å²) in [5.41, 5.74) is 0.452. The Morgan fingerprint density at radius 1 is 1.00 bits per heavy atom. The van der Waals surface area contributed by atoms with Gasteiger partial charge in [0.05, 0.1) is 26.9 Å². The number of aromatic nitrogens is 3. The molecule has 2 heterocycles. The van der Waals surface area contributed by atoms with Crippen molar-refractivity contribution in [2.75, 3.05) is 52.4 Å². The lowest BCUT2D eigenvalue weighted by atomic mass is 10.1. The highest BCUT2D eigenvalue weighted by Gasteiger charge is 2.26. The molecule has 1 aliphatic rings. The summed E-state index contributed by atoms with van der Waals surface area (Å²) in [6.45, 7) is 2.52. The number of carbonyl (C=O) groups excluding carboxylic acids is 1. The zero-order valence-electron chi connectivity index (χ0n) is 14.5. The Labute approximate surface area is 145 Å². The van der Waals surface area contributed by atoms with Crippen molar-refractivity contribution < 1.29 is 19.0 Å². The van der Waals surface area contributed by atoms with E-state index in [0.717, 1.165) is 5.95 Å². The van der Waals surface area contributed by atoms with Gasteiger partial charge in [0.25, 0.3) is 5.91 Å². The molecule has 1 aliphatic heterocycles. The number of methoxy groups -OCH3 is 3. The molecular formula is C16H21N5O4. The Morgan fingerprint density at radius 3 is 2.20 bits per heavy atom. The average Bonchev–Trinajstić information content (AvgIpc) is 3.21. The fourth-order valence-corrected chi connectivity index (χ4v) is 2.84. The van der Waals surface area contributed by atoms with Gasteiger partial charge in [-0.2, -0.15) is 10.1 Å². The molecule has 1 saturated heterocycles. The molecule has 0 radical (unpaired) electrons. The fourth-order valence-electron chi connectivity index (χ4n) is 2.84. The van der Waals surface area contributed by atoms with Crippen molar-refractivity contribution in [2.24, 2.45) is 0 Å². The number of hydrogen-bond donors (Lipinski definition) is 1. The Hall–Kier alpha value is -2.97. The highest BCUT2D eigenvalue weighted by atomic mass is 16.5. The van der Waals surface area contributed by atoms with Gasteiger partial charge in [-0.1, -0.05) is 0 Å². The summed E-state index contributed by atoms with van der Waals surface area (Å²) >= 11 is 0. The van der Waals surface area contributed by atoms with Crippen molar-refractivity contribution in [3.05, 3.63) is 24.0 Å². The number of benzene rings is 1. The number of nitrogens with one attached hydrogen (secondary N) is 1. The van der Waals surface area contributed by atoms with Crippen molar-refractivity contribution >= 4 is 11.9 Å². The van der Waals surface area contributed by atoms with E-state index in [1.807, 2.05) is 0 Å². The number of carbonyl (C=O) groups is 1. The molecule has 0 atom stereocenters. The zero-order chi connectivity index (χ0) is 17.8. The van der Waals surface area contributed by atoms with E-state index in [1.54, 1.807) is 24.1 Å².